The van der Waals surface area contributed by atoms with E-state index in [1.807, 2.05) is 0 Å². The van der Waals surface area contributed by atoms with Crippen LogP contribution in [-0.4, -0.2) is 34.5 Å². The Balaban J connectivity index is 2.33. The van der Waals surface area contributed by atoms with Crippen LogP contribution < -0.4 is 5.32 Å². The van der Waals surface area contributed by atoms with Crippen molar-refractivity contribution in [1.82, 2.24) is 10.2 Å². The number of urea groups is 1. The molecule has 2 aromatic rings. The molecular formula is C19H16Cl2N2O4. The molecule has 6 nitrogen and oxygen atoms in total. The molecule has 1 atom stereocenters. The molecule has 2 aromatic carbocycles. The number of rotatable bonds is 6. The van der Waals surface area contributed by atoms with Crippen LogP contribution in [0.25, 0.3) is 0 Å². The highest BCUT2D eigenvalue weighted by Gasteiger charge is 2.30. The highest BCUT2D eigenvalue weighted by atomic mass is 35.5. The van der Waals surface area contributed by atoms with E-state index in [1.54, 1.807) is 36.4 Å². The van der Waals surface area contributed by atoms with Gasteiger partial charge in [-0.05, 0) is 24.3 Å². The number of hydrogen-bond donors (Lipinski definition) is 2. The lowest BCUT2D eigenvalue weighted by molar-refractivity contribution is -0.139. The SMILES string of the molecule is C=CCN(C(=O)NC(C(=O)O)c1c(Cl)cccc1Cl)C(=O)c1ccccc1. The summed E-state index contributed by atoms with van der Waals surface area (Å²) in [4.78, 5) is 37.8. The van der Waals surface area contributed by atoms with Crippen LogP contribution in [0.15, 0.2) is 61.2 Å². The molecule has 0 saturated heterocycles. The summed E-state index contributed by atoms with van der Waals surface area (Å²) in [6.45, 7) is 3.42. The van der Waals surface area contributed by atoms with E-state index < -0.39 is 23.9 Å². The van der Waals surface area contributed by atoms with Crippen LogP contribution in [0.1, 0.15) is 22.0 Å². The zero-order chi connectivity index (χ0) is 20.0. The van der Waals surface area contributed by atoms with E-state index in [4.69, 9.17) is 23.2 Å². The second-order valence-corrected chi connectivity index (χ2v) is 6.24. The Hall–Kier alpha value is -2.83. The third-order valence-corrected chi connectivity index (χ3v) is 4.29. The number of carboxylic acids is 1. The molecule has 0 saturated carbocycles. The van der Waals surface area contributed by atoms with Crippen LogP contribution >= 0.6 is 23.2 Å². The number of nitrogens with one attached hydrogen (secondary N) is 1. The van der Waals surface area contributed by atoms with Crippen molar-refractivity contribution in [3.8, 4) is 0 Å². The van der Waals surface area contributed by atoms with Crippen molar-refractivity contribution < 1.29 is 19.5 Å². The average Bonchev–Trinajstić information content (AvgIpc) is 2.65. The summed E-state index contributed by atoms with van der Waals surface area (Å²) in [5.41, 5.74) is 0.310. The Morgan fingerprint density at radius 2 is 1.67 bits per heavy atom. The van der Waals surface area contributed by atoms with Crippen LogP contribution in [0.5, 0.6) is 0 Å². The van der Waals surface area contributed by atoms with Crippen LogP contribution in [-0.2, 0) is 4.79 Å². The van der Waals surface area contributed by atoms with Crippen molar-refractivity contribution >= 4 is 41.1 Å². The Morgan fingerprint density at radius 1 is 1.07 bits per heavy atom. The minimum absolute atomic E-state index is 0.0346. The molecule has 0 aromatic heterocycles. The van der Waals surface area contributed by atoms with Crippen LogP contribution in [0.3, 0.4) is 0 Å². The number of imide groups is 1. The number of nitrogens with zero attached hydrogens (tertiary/aromatic N) is 1. The van der Waals surface area contributed by atoms with E-state index in [-0.39, 0.29) is 27.7 Å². The van der Waals surface area contributed by atoms with E-state index in [0.717, 1.165) is 4.90 Å². The summed E-state index contributed by atoms with van der Waals surface area (Å²) < 4.78 is 0. The molecule has 27 heavy (non-hydrogen) atoms. The number of halogens is 2. The molecule has 8 heteroatoms. The first-order valence-electron chi connectivity index (χ1n) is 7.81. The zero-order valence-corrected chi connectivity index (χ0v) is 15.6. The second kappa shape index (κ2) is 9.21. The van der Waals surface area contributed by atoms with Crippen LogP contribution in [0, 0.1) is 0 Å². The fourth-order valence-electron chi connectivity index (χ4n) is 2.37. The maximum Gasteiger partial charge on any atom is 0.331 e. The lowest BCUT2D eigenvalue weighted by Gasteiger charge is -2.23. The van der Waals surface area contributed by atoms with Gasteiger partial charge in [-0.1, -0.05) is 53.5 Å². The van der Waals surface area contributed by atoms with Gasteiger partial charge in [0.05, 0.1) is 0 Å². The Morgan fingerprint density at radius 3 is 2.19 bits per heavy atom. The third-order valence-electron chi connectivity index (χ3n) is 3.63. The van der Waals surface area contributed by atoms with Gasteiger partial charge in [0.25, 0.3) is 5.91 Å². The molecule has 3 amide bonds. The van der Waals surface area contributed by atoms with E-state index >= 15 is 0 Å². The normalized spacial score (nSPS) is 11.3. The minimum Gasteiger partial charge on any atom is -0.479 e. The lowest BCUT2D eigenvalue weighted by Crippen LogP contribution is -2.46. The van der Waals surface area contributed by atoms with Gasteiger partial charge >= 0.3 is 12.0 Å². The lowest BCUT2D eigenvalue weighted by atomic mass is 10.1. The molecular weight excluding hydrogens is 391 g/mol. The average molecular weight is 407 g/mol. The predicted molar refractivity (Wildman–Crippen MR) is 103 cm³/mol. The number of benzene rings is 2. The van der Waals surface area contributed by atoms with Crippen LogP contribution in [0.2, 0.25) is 10.0 Å². The van der Waals surface area contributed by atoms with Gasteiger partial charge in [-0.25, -0.2) is 9.59 Å². The van der Waals surface area contributed by atoms with Crippen molar-refractivity contribution in [3.05, 3.63) is 82.4 Å². The molecule has 2 rings (SSSR count). The Labute approximate surface area is 166 Å². The smallest absolute Gasteiger partial charge is 0.331 e. The Bertz CT molecular complexity index is 851. The largest absolute Gasteiger partial charge is 0.479 e. The van der Waals surface area contributed by atoms with E-state index in [9.17, 15) is 19.5 Å². The number of carbonyl (C=O) groups excluding carboxylic acids is 2. The molecule has 0 aliphatic heterocycles. The van der Waals surface area contributed by atoms with Crippen molar-refractivity contribution in [2.75, 3.05) is 6.54 Å². The molecule has 1 unspecified atom stereocenters. The quantitative estimate of drug-likeness (QED) is 0.705. The molecule has 0 spiro atoms. The summed E-state index contributed by atoms with van der Waals surface area (Å²) in [6, 6.07) is 10.2. The molecule has 140 valence electrons. The molecule has 0 heterocycles. The summed E-state index contributed by atoms with van der Waals surface area (Å²) in [7, 11) is 0. The highest BCUT2D eigenvalue weighted by molar-refractivity contribution is 6.36. The van der Waals surface area contributed by atoms with E-state index in [0.29, 0.717) is 0 Å². The third kappa shape index (κ3) is 4.87. The van der Waals surface area contributed by atoms with E-state index in [2.05, 4.69) is 11.9 Å². The second-order valence-electron chi connectivity index (χ2n) is 5.43. The summed E-state index contributed by atoms with van der Waals surface area (Å²) in [5, 5.41) is 12.0. The van der Waals surface area contributed by atoms with Gasteiger partial charge in [0.15, 0.2) is 6.04 Å². The fourth-order valence-corrected chi connectivity index (χ4v) is 2.98. The minimum atomic E-state index is -1.53. The van der Waals surface area contributed by atoms with Crippen molar-refractivity contribution in [1.29, 1.82) is 0 Å². The first-order chi connectivity index (χ1) is 12.9. The monoisotopic (exact) mass is 406 g/mol. The van der Waals surface area contributed by atoms with Gasteiger partial charge in [-0.3, -0.25) is 9.69 Å². The van der Waals surface area contributed by atoms with Crippen molar-refractivity contribution in [2.24, 2.45) is 0 Å². The summed E-state index contributed by atoms with van der Waals surface area (Å²) >= 11 is 12.1. The molecule has 0 fully saturated rings. The first-order valence-corrected chi connectivity index (χ1v) is 8.57. The maximum absolute atomic E-state index is 12.7. The van der Waals surface area contributed by atoms with Crippen LogP contribution in [0.4, 0.5) is 4.79 Å². The van der Waals surface area contributed by atoms with Crippen molar-refractivity contribution in [3.63, 3.8) is 0 Å². The number of amides is 3. The van der Waals surface area contributed by atoms with Crippen molar-refractivity contribution in [2.45, 2.75) is 6.04 Å². The van der Waals surface area contributed by atoms with Gasteiger partial charge in [-0.15, -0.1) is 6.58 Å². The summed E-state index contributed by atoms with van der Waals surface area (Å²) in [5.74, 6) is -1.97. The standard InChI is InChI=1S/C19H16Cl2N2O4/c1-2-11-23(17(24)12-7-4-3-5-8-12)19(27)22-16(18(25)26)15-13(20)9-6-10-14(15)21/h2-10,16H,1,11H2,(H,22,27)(H,25,26). The molecule has 0 radical (unpaired) electrons. The highest BCUT2D eigenvalue weighted by Crippen LogP contribution is 2.30. The van der Waals surface area contributed by atoms with E-state index in [1.165, 1.54) is 18.2 Å². The topological polar surface area (TPSA) is 86.7 Å². The van der Waals surface area contributed by atoms with Gasteiger partial charge in [-0.2, -0.15) is 0 Å². The number of hydrogen-bond acceptors (Lipinski definition) is 3. The number of aliphatic carboxylic acids is 1. The first kappa shape index (κ1) is 20.5. The summed E-state index contributed by atoms with van der Waals surface area (Å²) in [6.07, 6.45) is 1.36. The molecule has 0 bridgehead atoms. The number of carbonyl (C=O) groups is 3. The molecule has 2 N–H and O–H groups in total. The fraction of sp³-hybridized carbons (Fsp3) is 0.105. The maximum atomic E-state index is 12.7. The van der Waals surface area contributed by atoms with Gasteiger partial charge in [0.1, 0.15) is 0 Å². The Kier molecular flexibility index (Phi) is 6.98. The predicted octanol–water partition coefficient (Wildman–Crippen LogP) is 4.16. The zero-order valence-electron chi connectivity index (χ0n) is 14.1. The van der Waals surface area contributed by atoms with Gasteiger partial charge < -0.3 is 10.4 Å². The van der Waals surface area contributed by atoms with Gasteiger partial charge in [0, 0.05) is 27.7 Å². The molecule has 0 aliphatic carbocycles. The molecule has 0 aliphatic rings. The number of carboxylic acid groups (broad SMARTS) is 1. The van der Waals surface area contributed by atoms with Gasteiger partial charge in [0.2, 0.25) is 0 Å².